The second kappa shape index (κ2) is 19.0. The summed E-state index contributed by atoms with van der Waals surface area (Å²) in [6.07, 6.45) is 10.0. The van der Waals surface area contributed by atoms with Gasteiger partial charge in [-0.25, -0.2) is 4.99 Å². The van der Waals surface area contributed by atoms with Crippen molar-refractivity contribution >= 4 is 29.6 Å². The SMILES string of the molecule is CC(C)(C)OC(=O)CN1CCC(CN2CCC(N3CC\N=C(COc4ccc(C(C)(C)c5cc(Cl)cc(C#N)c5)cc4)/C=C\N=C\NCC3)CC2)CC1. The third-order valence-electron chi connectivity index (χ3n) is 10.5. The number of hydrogen-bond donors (Lipinski definition) is 1. The van der Waals surface area contributed by atoms with Crippen molar-refractivity contribution in [2.24, 2.45) is 15.9 Å². The maximum absolute atomic E-state index is 12.3. The minimum atomic E-state index is -0.432. The molecule has 0 spiro atoms. The van der Waals surface area contributed by atoms with E-state index in [1.54, 1.807) is 18.6 Å². The van der Waals surface area contributed by atoms with Gasteiger partial charge < -0.3 is 19.7 Å². The van der Waals surface area contributed by atoms with Gasteiger partial charge in [0.25, 0.3) is 0 Å². The first-order chi connectivity index (χ1) is 25.4. The van der Waals surface area contributed by atoms with Crippen LogP contribution in [-0.2, 0) is 14.9 Å². The highest BCUT2D eigenvalue weighted by Crippen LogP contribution is 2.34. The van der Waals surface area contributed by atoms with Crippen molar-refractivity contribution in [1.29, 1.82) is 5.26 Å². The average molecular weight is 744 g/mol. The molecule has 0 unspecified atom stereocenters. The lowest BCUT2D eigenvalue weighted by molar-refractivity contribution is -0.156. The Bertz CT molecular complexity index is 1630. The molecule has 2 fully saturated rings. The number of nitriles is 1. The molecule has 0 bridgehead atoms. The fraction of sp³-hybridized carbons (Fsp3) is 0.571. The smallest absolute Gasteiger partial charge is 0.320 e. The number of nitrogens with one attached hydrogen (secondary N) is 1. The number of likely N-dealkylation sites (tertiary alicyclic amines) is 2. The number of nitrogens with zero attached hydrogens (tertiary/aromatic N) is 6. The Kier molecular flexibility index (Phi) is 14.5. The van der Waals surface area contributed by atoms with Crippen LogP contribution in [0.15, 0.2) is 64.7 Å². The lowest BCUT2D eigenvalue weighted by Crippen LogP contribution is -2.49. The number of aliphatic imine (C=N–C) groups is 2. The summed E-state index contributed by atoms with van der Waals surface area (Å²) in [5.41, 5.74) is 2.72. The molecular weight excluding hydrogens is 686 g/mol. The van der Waals surface area contributed by atoms with Crippen molar-refractivity contribution in [2.45, 2.75) is 77.4 Å². The monoisotopic (exact) mass is 743 g/mol. The first kappa shape index (κ1) is 40.4. The van der Waals surface area contributed by atoms with Crippen LogP contribution in [0.3, 0.4) is 0 Å². The quantitative estimate of drug-likeness (QED) is 0.282. The van der Waals surface area contributed by atoms with E-state index in [2.05, 4.69) is 57.1 Å². The van der Waals surface area contributed by atoms with E-state index in [1.807, 2.05) is 51.1 Å². The van der Waals surface area contributed by atoms with E-state index >= 15 is 0 Å². The van der Waals surface area contributed by atoms with Crippen LogP contribution in [0.5, 0.6) is 5.75 Å². The minimum Gasteiger partial charge on any atom is -0.487 e. The van der Waals surface area contributed by atoms with Crippen molar-refractivity contribution in [3.63, 3.8) is 0 Å². The van der Waals surface area contributed by atoms with Crippen LogP contribution in [0, 0.1) is 17.2 Å². The van der Waals surface area contributed by atoms with E-state index in [1.165, 1.54) is 0 Å². The number of ether oxygens (including phenoxy) is 2. The van der Waals surface area contributed by atoms with Crippen LogP contribution in [0.4, 0.5) is 0 Å². The number of carbonyl (C=O) groups excluding carboxylic acids is 1. The second-order valence-electron chi connectivity index (χ2n) is 16.1. The Balaban J connectivity index is 1.09. The van der Waals surface area contributed by atoms with Gasteiger partial charge in [-0.05, 0) is 126 Å². The van der Waals surface area contributed by atoms with E-state index < -0.39 is 5.60 Å². The van der Waals surface area contributed by atoms with Gasteiger partial charge in [0.05, 0.1) is 36.8 Å². The van der Waals surface area contributed by atoms with Crippen LogP contribution >= 0.6 is 11.6 Å². The molecule has 10 nitrogen and oxygen atoms in total. The first-order valence-electron chi connectivity index (χ1n) is 19.2. The number of halogens is 1. The number of esters is 1. The summed E-state index contributed by atoms with van der Waals surface area (Å²) in [5.74, 6) is 1.33. The molecule has 2 aromatic rings. The van der Waals surface area contributed by atoms with Crippen molar-refractivity contribution in [2.75, 3.05) is 72.1 Å². The maximum atomic E-state index is 12.3. The van der Waals surface area contributed by atoms with Crippen molar-refractivity contribution in [1.82, 2.24) is 20.0 Å². The van der Waals surface area contributed by atoms with E-state index in [0.717, 1.165) is 101 Å². The Labute approximate surface area is 321 Å². The largest absolute Gasteiger partial charge is 0.487 e. The topological polar surface area (TPSA) is 106 Å². The molecule has 0 amide bonds. The summed E-state index contributed by atoms with van der Waals surface area (Å²) in [5, 5.41) is 13.3. The van der Waals surface area contributed by atoms with Crippen LogP contribution in [0.1, 0.15) is 77.0 Å². The highest BCUT2D eigenvalue weighted by atomic mass is 35.5. The maximum Gasteiger partial charge on any atom is 0.320 e. The highest BCUT2D eigenvalue weighted by molar-refractivity contribution is 6.30. The van der Waals surface area contributed by atoms with E-state index in [-0.39, 0.29) is 11.4 Å². The van der Waals surface area contributed by atoms with Crippen LogP contribution < -0.4 is 10.1 Å². The van der Waals surface area contributed by atoms with Crippen LogP contribution in [0.2, 0.25) is 5.02 Å². The van der Waals surface area contributed by atoms with Crippen LogP contribution in [-0.4, -0.2) is 116 Å². The molecule has 2 saturated heterocycles. The van der Waals surface area contributed by atoms with Crippen LogP contribution in [0.25, 0.3) is 0 Å². The van der Waals surface area contributed by atoms with Gasteiger partial charge in [0.15, 0.2) is 0 Å². The van der Waals surface area contributed by atoms with Gasteiger partial charge in [-0.1, -0.05) is 37.6 Å². The second-order valence-corrected chi connectivity index (χ2v) is 16.5. The summed E-state index contributed by atoms with van der Waals surface area (Å²) >= 11 is 6.31. The molecule has 2 aromatic carbocycles. The highest BCUT2D eigenvalue weighted by Gasteiger charge is 2.29. The number of carbonyl (C=O) groups is 1. The molecule has 3 aliphatic rings. The Morgan fingerprint density at radius 2 is 1.66 bits per heavy atom. The molecule has 3 heterocycles. The first-order valence-corrected chi connectivity index (χ1v) is 19.6. The van der Waals surface area contributed by atoms with Crippen molar-refractivity contribution in [3.05, 3.63) is 76.5 Å². The number of rotatable bonds is 10. The zero-order chi connectivity index (χ0) is 37.8. The van der Waals surface area contributed by atoms with Gasteiger partial charge in [-0.2, -0.15) is 5.26 Å². The predicted molar refractivity (Wildman–Crippen MR) is 214 cm³/mol. The number of hydrogen-bond acceptors (Lipinski definition) is 10. The number of piperidine rings is 2. The molecule has 0 aromatic heterocycles. The Morgan fingerprint density at radius 3 is 2.36 bits per heavy atom. The third-order valence-corrected chi connectivity index (χ3v) is 10.8. The zero-order valence-corrected chi connectivity index (χ0v) is 33.1. The van der Waals surface area contributed by atoms with Crippen molar-refractivity contribution in [3.8, 4) is 11.8 Å². The van der Waals surface area contributed by atoms with Gasteiger partial charge in [-0.15, -0.1) is 0 Å². The van der Waals surface area contributed by atoms with Gasteiger partial charge in [0.2, 0.25) is 0 Å². The Hall–Kier alpha value is -3.75. The normalized spacial score (nSPS) is 21.6. The van der Waals surface area contributed by atoms with E-state index in [4.69, 9.17) is 26.1 Å². The molecular formula is C42H58ClN7O3. The molecule has 3 aliphatic heterocycles. The lowest BCUT2D eigenvalue weighted by atomic mass is 9.78. The molecule has 1 N–H and O–H groups in total. The molecule has 0 atom stereocenters. The average Bonchev–Trinajstić information content (AvgIpc) is 3.11. The van der Waals surface area contributed by atoms with E-state index in [9.17, 15) is 10.1 Å². The van der Waals surface area contributed by atoms with Crippen molar-refractivity contribution < 1.29 is 14.3 Å². The Morgan fingerprint density at radius 1 is 0.943 bits per heavy atom. The fourth-order valence-electron chi connectivity index (χ4n) is 7.47. The van der Waals surface area contributed by atoms with Gasteiger partial charge in [0.1, 0.15) is 18.0 Å². The van der Waals surface area contributed by atoms with Gasteiger partial charge >= 0.3 is 5.97 Å². The predicted octanol–water partition coefficient (Wildman–Crippen LogP) is 6.32. The molecule has 286 valence electrons. The molecule has 53 heavy (non-hydrogen) atoms. The molecule has 0 radical (unpaired) electrons. The molecule has 0 saturated carbocycles. The molecule has 0 aliphatic carbocycles. The minimum absolute atomic E-state index is 0.121. The third kappa shape index (κ3) is 12.7. The summed E-state index contributed by atoms with van der Waals surface area (Å²) in [7, 11) is 0. The summed E-state index contributed by atoms with van der Waals surface area (Å²) < 4.78 is 11.7. The lowest BCUT2D eigenvalue weighted by Gasteiger charge is -2.40. The fourth-order valence-corrected chi connectivity index (χ4v) is 7.70. The number of benzene rings is 2. The summed E-state index contributed by atoms with van der Waals surface area (Å²) in [6.45, 7) is 19.5. The summed E-state index contributed by atoms with van der Waals surface area (Å²) in [4.78, 5) is 29.1. The van der Waals surface area contributed by atoms with Gasteiger partial charge in [-0.3, -0.25) is 19.6 Å². The van der Waals surface area contributed by atoms with E-state index in [0.29, 0.717) is 42.2 Å². The molecule has 11 heteroatoms. The molecule has 5 rings (SSSR count). The standard InChI is InChI=1S/C42H58ClN7O3/c1-41(2,3)53-40(51)29-49-18-11-32(12-19-49)28-48-20-13-38(14-21-48)50-22-16-46-31-45-15-10-37(47-17-23-50)30-52-39-8-6-34(7-9-39)42(4,5)35-24-33(27-44)25-36(43)26-35/h6-10,15,24-26,31-32,38H,11-14,16-23,28-30H2,1-5H3,(H,45,46)/b15-10-,47-37+. The zero-order valence-electron chi connectivity index (χ0n) is 32.3. The summed E-state index contributed by atoms with van der Waals surface area (Å²) in [6, 6.07) is 16.4. The van der Waals surface area contributed by atoms with Gasteiger partial charge in [0, 0.05) is 48.9 Å².